The molecule has 0 amide bonds. The summed E-state index contributed by atoms with van der Waals surface area (Å²) in [6.45, 7) is 6.56. The van der Waals surface area contributed by atoms with Gasteiger partial charge in [-0.3, -0.25) is 4.99 Å². The normalized spacial score (nSPS) is 13.9. The van der Waals surface area contributed by atoms with E-state index in [1.54, 1.807) is 7.05 Å². The van der Waals surface area contributed by atoms with E-state index in [2.05, 4.69) is 37.9 Å². The standard InChI is InChI=1S/C11H19N/c1-5-7-11(10(2)3)8-6-9-12-4/h6-10H,5H2,1-4H3/b8-6-,11-7-,12-9?. The van der Waals surface area contributed by atoms with Crippen molar-refractivity contribution in [1.82, 2.24) is 0 Å². The summed E-state index contributed by atoms with van der Waals surface area (Å²) in [6.07, 6.45) is 9.28. The molecule has 0 radical (unpaired) electrons. The molecule has 0 aromatic rings. The van der Waals surface area contributed by atoms with Crippen LogP contribution in [0.4, 0.5) is 0 Å². The van der Waals surface area contributed by atoms with Crippen molar-refractivity contribution in [3.05, 3.63) is 23.8 Å². The smallest absolute Gasteiger partial charge is 0.0277 e. The topological polar surface area (TPSA) is 12.4 Å². The van der Waals surface area contributed by atoms with Gasteiger partial charge in [-0.1, -0.05) is 32.9 Å². The highest BCUT2D eigenvalue weighted by atomic mass is 14.6. The van der Waals surface area contributed by atoms with E-state index in [9.17, 15) is 0 Å². The molecule has 0 saturated carbocycles. The van der Waals surface area contributed by atoms with Gasteiger partial charge in [0.1, 0.15) is 0 Å². The molecule has 0 rings (SSSR count). The first kappa shape index (κ1) is 11.2. The third-order valence-corrected chi connectivity index (χ3v) is 1.63. The maximum atomic E-state index is 3.89. The van der Waals surface area contributed by atoms with Gasteiger partial charge in [-0.15, -0.1) is 0 Å². The van der Waals surface area contributed by atoms with Crippen LogP contribution in [-0.4, -0.2) is 13.3 Å². The molecule has 0 atom stereocenters. The van der Waals surface area contributed by atoms with Crippen LogP contribution in [0.3, 0.4) is 0 Å². The highest BCUT2D eigenvalue weighted by Crippen LogP contribution is 2.11. The Morgan fingerprint density at radius 1 is 1.42 bits per heavy atom. The lowest BCUT2D eigenvalue weighted by molar-refractivity contribution is 0.785. The Morgan fingerprint density at radius 2 is 2.08 bits per heavy atom. The van der Waals surface area contributed by atoms with Crippen LogP contribution < -0.4 is 0 Å². The Labute approximate surface area is 75.9 Å². The zero-order valence-corrected chi connectivity index (χ0v) is 8.54. The zero-order chi connectivity index (χ0) is 9.40. The van der Waals surface area contributed by atoms with Gasteiger partial charge in [0.05, 0.1) is 0 Å². The van der Waals surface area contributed by atoms with Crippen LogP contribution in [-0.2, 0) is 0 Å². The molecule has 0 unspecified atom stereocenters. The maximum Gasteiger partial charge on any atom is 0.0277 e. The van der Waals surface area contributed by atoms with E-state index in [-0.39, 0.29) is 0 Å². The molecule has 1 nitrogen and oxygen atoms in total. The minimum Gasteiger partial charge on any atom is -0.297 e. The van der Waals surface area contributed by atoms with Gasteiger partial charge in [-0.2, -0.15) is 0 Å². The average Bonchev–Trinajstić information content (AvgIpc) is 2.03. The molecular formula is C11H19N. The Bertz CT molecular complexity index is 185. The minimum atomic E-state index is 0.603. The zero-order valence-electron chi connectivity index (χ0n) is 8.54. The predicted molar refractivity (Wildman–Crippen MR) is 56.8 cm³/mol. The van der Waals surface area contributed by atoms with Crippen molar-refractivity contribution in [3.8, 4) is 0 Å². The summed E-state index contributed by atoms with van der Waals surface area (Å²) in [7, 11) is 1.78. The van der Waals surface area contributed by atoms with Gasteiger partial charge < -0.3 is 0 Å². The second-order valence-corrected chi connectivity index (χ2v) is 3.03. The summed E-state index contributed by atoms with van der Waals surface area (Å²) in [6, 6.07) is 0. The summed E-state index contributed by atoms with van der Waals surface area (Å²) in [4.78, 5) is 3.89. The number of rotatable bonds is 4. The van der Waals surface area contributed by atoms with Crippen LogP contribution in [0.5, 0.6) is 0 Å². The van der Waals surface area contributed by atoms with E-state index in [1.165, 1.54) is 5.57 Å². The summed E-state index contributed by atoms with van der Waals surface area (Å²) in [5.41, 5.74) is 1.39. The second kappa shape index (κ2) is 6.84. The van der Waals surface area contributed by atoms with Crippen molar-refractivity contribution < 1.29 is 0 Å². The Kier molecular flexibility index (Phi) is 6.35. The molecule has 0 bridgehead atoms. The Morgan fingerprint density at radius 3 is 2.50 bits per heavy atom. The maximum absolute atomic E-state index is 3.89. The first-order chi connectivity index (χ1) is 5.72. The fourth-order valence-corrected chi connectivity index (χ4v) is 0.972. The highest BCUT2D eigenvalue weighted by molar-refractivity contribution is 5.71. The average molecular weight is 165 g/mol. The van der Waals surface area contributed by atoms with E-state index in [1.807, 2.05) is 12.3 Å². The number of aliphatic imine (C=N–C) groups is 1. The van der Waals surface area contributed by atoms with Crippen LogP contribution in [0.2, 0.25) is 0 Å². The molecule has 0 aliphatic heterocycles. The van der Waals surface area contributed by atoms with E-state index in [0.717, 1.165) is 6.42 Å². The van der Waals surface area contributed by atoms with Crippen molar-refractivity contribution in [2.75, 3.05) is 7.05 Å². The quantitative estimate of drug-likeness (QED) is 0.448. The number of nitrogens with zero attached hydrogens (tertiary/aromatic N) is 1. The molecule has 0 spiro atoms. The second-order valence-electron chi connectivity index (χ2n) is 3.03. The minimum absolute atomic E-state index is 0.603. The van der Waals surface area contributed by atoms with Gasteiger partial charge >= 0.3 is 0 Å². The molecule has 0 aromatic carbocycles. The molecule has 0 N–H and O–H groups in total. The predicted octanol–water partition coefficient (Wildman–Crippen LogP) is 3.24. The van der Waals surface area contributed by atoms with Crippen molar-refractivity contribution >= 4 is 6.21 Å². The third kappa shape index (κ3) is 4.89. The molecule has 0 saturated heterocycles. The SMILES string of the molecule is CC/C=C(/C=C\C=NC)C(C)C. The van der Waals surface area contributed by atoms with Crippen molar-refractivity contribution in [2.45, 2.75) is 27.2 Å². The van der Waals surface area contributed by atoms with Crippen LogP contribution in [0.15, 0.2) is 28.8 Å². The van der Waals surface area contributed by atoms with Gasteiger partial charge in [-0.05, 0) is 24.0 Å². The summed E-state index contributed by atoms with van der Waals surface area (Å²) >= 11 is 0. The van der Waals surface area contributed by atoms with Crippen LogP contribution in [0, 0.1) is 5.92 Å². The van der Waals surface area contributed by atoms with E-state index < -0.39 is 0 Å². The molecule has 68 valence electrons. The van der Waals surface area contributed by atoms with Gasteiger partial charge in [0, 0.05) is 13.3 Å². The van der Waals surface area contributed by atoms with E-state index in [4.69, 9.17) is 0 Å². The molecule has 0 aliphatic rings. The molecule has 0 fully saturated rings. The number of hydrogen-bond acceptors (Lipinski definition) is 1. The fraction of sp³-hybridized carbons (Fsp3) is 0.545. The molecule has 0 aliphatic carbocycles. The van der Waals surface area contributed by atoms with Gasteiger partial charge in [0.15, 0.2) is 0 Å². The summed E-state index contributed by atoms with van der Waals surface area (Å²) in [5.74, 6) is 0.603. The molecule has 12 heavy (non-hydrogen) atoms. The van der Waals surface area contributed by atoms with Gasteiger partial charge in [0.2, 0.25) is 0 Å². The van der Waals surface area contributed by atoms with E-state index in [0.29, 0.717) is 5.92 Å². The third-order valence-electron chi connectivity index (χ3n) is 1.63. The molecule has 0 aromatic heterocycles. The summed E-state index contributed by atoms with van der Waals surface area (Å²) in [5, 5.41) is 0. The van der Waals surface area contributed by atoms with Gasteiger partial charge in [0.25, 0.3) is 0 Å². The Hall–Kier alpha value is -0.850. The van der Waals surface area contributed by atoms with Crippen molar-refractivity contribution in [1.29, 1.82) is 0 Å². The Balaban J connectivity index is 4.23. The van der Waals surface area contributed by atoms with Crippen molar-refractivity contribution in [3.63, 3.8) is 0 Å². The first-order valence-corrected chi connectivity index (χ1v) is 4.51. The lowest BCUT2D eigenvalue weighted by Crippen LogP contribution is -1.89. The van der Waals surface area contributed by atoms with Gasteiger partial charge in [-0.25, -0.2) is 0 Å². The van der Waals surface area contributed by atoms with E-state index >= 15 is 0 Å². The molecule has 1 heteroatoms. The monoisotopic (exact) mass is 165 g/mol. The highest BCUT2D eigenvalue weighted by Gasteiger charge is 1.95. The molecular weight excluding hydrogens is 146 g/mol. The molecule has 0 heterocycles. The lowest BCUT2D eigenvalue weighted by atomic mass is 10.0. The first-order valence-electron chi connectivity index (χ1n) is 4.51. The summed E-state index contributed by atoms with van der Waals surface area (Å²) < 4.78 is 0. The van der Waals surface area contributed by atoms with Crippen LogP contribution >= 0.6 is 0 Å². The number of allylic oxidation sites excluding steroid dienone is 4. The fourth-order valence-electron chi connectivity index (χ4n) is 0.972. The van der Waals surface area contributed by atoms with Crippen LogP contribution in [0.25, 0.3) is 0 Å². The van der Waals surface area contributed by atoms with Crippen LogP contribution in [0.1, 0.15) is 27.2 Å². The van der Waals surface area contributed by atoms with Crippen molar-refractivity contribution in [2.24, 2.45) is 10.9 Å². The number of hydrogen-bond donors (Lipinski definition) is 0. The lowest BCUT2D eigenvalue weighted by Gasteiger charge is -2.04. The largest absolute Gasteiger partial charge is 0.297 e.